The molecule has 0 fully saturated rings. The molecule has 2 aromatic rings. The van der Waals surface area contributed by atoms with E-state index in [9.17, 15) is 4.79 Å². The minimum atomic E-state index is 0.688. The van der Waals surface area contributed by atoms with Crippen LogP contribution in [0.3, 0.4) is 0 Å². The molecular weight excluding hydrogens is 244 g/mol. The molecule has 0 atom stereocenters. The third-order valence-corrected chi connectivity index (χ3v) is 3.16. The largest absolute Gasteiger partial charge is 0.298 e. The fourth-order valence-electron chi connectivity index (χ4n) is 2.11. The summed E-state index contributed by atoms with van der Waals surface area (Å²) in [6.07, 6.45) is 6.14. The zero-order chi connectivity index (χ0) is 14.4. The van der Waals surface area contributed by atoms with E-state index in [0.29, 0.717) is 11.5 Å². The lowest BCUT2D eigenvalue weighted by molar-refractivity contribution is 0.112. The van der Waals surface area contributed by atoms with E-state index >= 15 is 0 Å². The third kappa shape index (κ3) is 4.20. The van der Waals surface area contributed by atoms with Crippen molar-refractivity contribution in [1.29, 1.82) is 0 Å². The van der Waals surface area contributed by atoms with E-state index in [2.05, 4.69) is 50.3 Å². The van der Waals surface area contributed by atoms with E-state index in [0.717, 1.165) is 18.3 Å². The Morgan fingerprint density at radius 2 is 1.25 bits per heavy atom. The van der Waals surface area contributed by atoms with Gasteiger partial charge in [-0.25, -0.2) is 0 Å². The number of carbonyl (C=O) groups excluding carboxylic acids is 1. The highest BCUT2D eigenvalue weighted by atomic mass is 16.1. The predicted molar refractivity (Wildman–Crippen MR) is 85.7 cm³/mol. The van der Waals surface area contributed by atoms with Crippen LogP contribution in [0.5, 0.6) is 0 Å². The molecule has 0 spiro atoms. The summed E-state index contributed by atoms with van der Waals surface area (Å²) in [4.78, 5) is 10.6. The second-order valence-corrected chi connectivity index (χ2v) is 5.46. The number of benzene rings is 2. The Kier molecular flexibility index (Phi) is 4.89. The van der Waals surface area contributed by atoms with Crippen molar-refractivity contribution in [3.8, 4) is 0 Å². The maximum Gasteiger partial charge on any atom is 0.150 e. The Hall–Kier alpha value is -2.15. The Balaban J connectivity index is 2.04. The lowest BCUT2D eigenvalue weighted by Crippen LogP contribution is -1.93. The van der Waals surface area contributed by atoms with E-state index in [-0.39, 0.29) is 0 Å². The summed E-state index contributed by atoms with van der Waals surface area (Å²) in [5.74, 6) is 0.688. The first-order valence-electron chi connectivity index (χ1n) is 6.99. The van der Waals surface area contributed by atoms with Gasteiger partial charge in [-0.2, -0.15) is 0 Å². The van der Waals surface area contributed by atoms with Crippen LogP contribution >= 0.6 is 0 Å². The lowest BCUT2D eigenvalue weighted by Gasteiger charge is -2.04. The molecule has 1 nitrogen and oxygen atoms in total. The molecule has 2 aromatic carbocycles. The van der Waals surface area contributed by atoms with Crippen LogP contribution in [0, 0.1) is 5.92 Å². The number of aldehydes is 1. The van der Waals surface area contributed by atoms with Gasteiger partial charge < -0.3 is 0 Å². The molecule has 0 unspecified atom stereocenters. The van der Waals surface area contributed by atoms with Crippen molar-refractivity contribution in [1.82, 2.24) is 0 Å². The van der Waals surface area contributed by atoms with Gasteiger partial charge in [-0.05, 0) is 29.0 Å². The number of hydrogen-bond donors (Lipinski definition) is 0. The molecule has 0 radical (unpaired) electrons. The van der Waals surface area contributed by atoms with Gasteiger partial charge in [-0.1, -0.05) is 74.5 Å². The van der Waals surface area contributed by atoms with Gasteiger partial charge >= 0.3 is 0 Å². The van der Waals surface area contributed by atoms with E-state index in [1.54, 1.807) is 0 Å². The molecule has 0 bridgehead atoms. The molecule has 0 heterocycles. The van der Waals surface area contributed by atoms with E-state index in [1.807, 2.05) is 24.3 Å². The molecular formula is C19H20O. The Morgan fingerprint density at radius 3 is 1.70 bits per heavy atom. The lowest BCUT2D eigenvalue weighted by atomic mass is 10.0. The van der Waals surface area contributed by atoms with Gasteiger partial charge in [0.1, 0.15) is 6.29 Å². The number of hydrogen-bond acceptors (Lipinski definition) is 1. The van der Waals surface area contributed by atoms with Crippen molar-refractivity contribution < 1.29 is 4.79 Å². The second-order valence-electron chi connectivity index (χ2n) is 5.46. The van der Waals surface area contributed by atoms with Gasteiger partial charge in [0.2, 0.25) is 0 Å². The van der Waals surface area contributed by atoms with Crippen molar-refractivity contribution in [2.75, 3.05) is 0 Å². The van der Waals surface area contributed by atoms with Gasteiger partial charge in [0.15, 0.2) is 0 Å². The molecule has 0 amide bonds. The van der Waals surface area contributed by atoms with E-state index in [1.165, 1.54) is 11.1 Å². The topological polar surface area (TPSA) is 17.1 Å². The molecule has 1 heteroatoms. The van der Waals surface area contributed by atoms with Crippen LogP contribution in [-0.4, -0.2) is 6.29 Å². The molecule has 0 aliphatic carbocycles. The molecule has 2 rings (SSSR count). The standard InChI is InChI=1S/C19H20O/c1-15(2)13-18-9-5-16(6-10-18)3-4-17-7-11-19(14-20)12-8-17/h3-12,14-15H,13H2,1-2H3. The third-order valence-electron chi connectivity index (χ3n) is 3.16. The minimum absolute atomic E-state index is 0.688. The summed E-state index contributed by atoms with van der Waals surface area (Å²) in [6.45, 7) is 4.47. The SMILES string of the molecule is CC(C)Cc1ccc(C=Cc2ccc(C=O)cc2)cc1. The summed E-state index contributed by atoms with van der Waals surface area (Å²) in [6, 6.07) is 16.2. The fourth-order valence-corrected chi connectivity index (χ4v) is 2.11. The van der Waals surface area contributed by atoms with Crippen molar-refractivity contribution in [3.05, 3.63) is 70.8 Å². The van der Waals surface area contributed by atoms with Gasteiger partial charge in [0, 0.05) is 5.56 Å². The normalized spacial score (nSPS) is 11.2. The quantitative estimate of drug-likeness (QED) is 0.556. The Bertz CT molecular complexity index is 574. The van der Waals surface area contributed by atoms with Crippen LogP contribution in [0.15, 0.2) is 48.5 Å². The average Bonchev–Trinajstić information content (AvgIpc) is 2.46. The first kappa shape index (κ1) is 14.3. The molecule has 0 N–H and O–H groups in total. The molecule has 0 aliphatic heterocycles. The molecule has 0 aliphatic rings. The highest BCUT2D eigenvalue weighted by Crippen LogP contribution is 2.13. The van der Waals surface area contributed by atoms with Crippen LogP contribution < -0.4 is 0 Å². The summed E-state index contributed by atoms with van der Waals surface area (Å²) in [5.41, 5.74) is 4.38. The van der Waals surface area contributed by atoms with Crippen LogP contribution in [0.25, 0.3) is 12.2 Å². The number of carbonyl (C=O) groups is 1. The zero-order valence-corrected chi connectivity index (χ0v) is 12.0. The summed E-state index contributed by atoms with van der Waals surface area (Å²) in [7, 11) is 0. The summed E-state index contributed by atoms with van der Waals surface area (Å²) < 4.78 is 0. The summed E-state index contributed by atoms with van der Waals surface area (Å²) >= 11 is 0. The maximum absolute atomic E-state index is 10.6. The zero-order valence-electron chi connectivity index (χ0n) is 12.0. The fraction of sp³-hybridized carbons (Fsp3) is 0.211. The van der Waals surface area contributed by atoms with Crippen molar-refractivity contribution >= 4 is 18.4 Å². The molecule has 0 saturated heterocycles. The van der Waals surface area contributed by atoms with Crippen LogP contribution in [0.2, 0.25) is 0 Å². The highest BCUT2D eigenvalue weighted by molar-refractivity contribution is 5.76. The molecule has 102 valence electrons. The maximum atomic E-state index is 10.6. The smallest absolute Gasteiger partial charge is 0.150 e. The highest BCUT2D eigenvalue weighted by Gasteiger charge is 1.97. The minimum Gasteiger partial charge on any atom is -0.298 e. The van der Waals surface area contributed by atoms with Crippen molar-refractivity contribution in [2.45, 2.75) is 20.3 Å². The van der Waals surface area contributed by atoms with Gasteiger partial charge in [0.25, 0.3) is 0 Å². The van der Waals surface area contributed by atoms with E-state index in [4.69, 9.17) is 0 Å². The monoisotopic (exact) mass is 264 g/mol. The van der Waals surface area contributed by atoms with Gasteiger partial charge in [-0.3, -0.25) is 4.79 Å². The van der Waals surface area contributed by atoms with Crippen molar-refractivity contribution in [3.63, 3.8) is 0 Å². The number of rotatable bonds is 5. The Morgan fingerprint density at radius 1 is 0.800 bits per heavy atom. The van der Waals surface area contributed by atoms with Crippen molar-refractivity contribution in [2.24, 2.45) is 5.92 Å². The Labute approximate surface area is 121 Å². The second kappa shape index (κ2) is 6.85. The average molecular weight is 264 g/mol. The predicted octanol–water partition coefficient (Wildman–Crippen LogP) is 4.87. The van der Waals surface area contributed by atoms with Crippen LogP contribution in [-0.2, 0) is 6.42 Å². The van der Waals surface area contributed by atoms with Gasteiger partial charge in [-0.15, -0.1) is 0 Å². The molecule has 0 saturated carbocycles. The first-order chi connectivity index (χ1) is 9.67. The van der Waals surface area contributed by atoms with Crippen LogP contribution in [0.4, 0.5) is 0 Å². The summed E-state index contributed by atoms with van der Waals surface area (Å²) in [5, 5.41) is 0. The van der Waals surface area contributed by atoms with E-state index < -0.39 is 0 Å². The van der Waals surface area contributed by atoms with Gasteiger partial charge in [0.05, 0.1) is 0 Å². The first-order valence-corrected chi connectivity index (χ1v) is 6.99. The molecule has 20 heavy (non-hydrogen) atoms. The molecule has 0 aromatic heterocycles. The van der Waals surface area contributed by atoms with Crippen LogP contribution in [0.1, 0.15) is 40.9 Å².